The summed E-state index contributed by atoms with van der Waals surface area (Å²) in [5.41, 5.74) is 3.44. The molecule has 1 aromatic carbocycles. The number of hydrogen-bond acceptors (Lipinski definition) is 6. The van der Waals surface area contributed by atoms with Crippen LogP contribution in [-0.2, 0) is 11.3 Å². The van der Waals surface area contributed by atoms with Crippen molar-refractivity contribution in [1.82, 2.24) is 14.8 Å². The second-order valence-corrected chi connectivity index (χ2v) is 7.51. The number of carbonyl (C=O) groups excluding carboxylic acids is 1. The minimum absolute atomic E-state index is 0.349. The van der Waals surface area contributed by atoms with Crippen LogP contribution in [0.2, 0.25) is 0 Å². The Morgan fingerprint density at radius 1 is 1.31 bits per heavy atom. The average Bonchev–Trinajstić information content (AvgIpc) is 3.35. The monoisotopic (exact) mass is 370 g/mol. The summed E-state index contributed by atoms with van der Waals surface area (Å²) in [6, 6.07) is 8.04. The van der Waals surface area contributed by atoms with Crippen molar-refractivity contribution >= 4 is 32.7 Å². The highest BCUT2D eigenvalue weighted by Crippen LogP contribution is 2.32. The van der Waals surface area contributed by atoms with Crippen LogP contribution in [0, 0.1) is 6.92 Å². The van der Waals surface area contributed by atoms with Crippen molar-refractivity contribution in [3.8, 4) is 0 Å². The molecule has 0 radical (unpaired) electrons. The number of aryl methyl sites for hydroxylation is 1. The van der Waals surface area contributed by atoms with Gasteiger partial charge in [0.1, 0.15) is 0 Å². The molecule has 0 saturated carbocycles. The van der Waals surface area contributed by atoms with E-state index in [2.05, 4.69) is 28.2 Å². The Balaban J connectivity index is 1.64. The largest absolute Gasteiger partial charge is 0.461 e. The number of benzene rings is 1. The fourth-order valence-corrected chi connectivity index (χ4v) is 4.37. The van der Waals surface area contributed by atoms with Gasteiger partial charge < -0.3 is 9.64 Å². The maximum absolute atomic E-state index is 11.9. The van der Waals surface area contributed by atoms with Crippen LogP contribution < -0.4 is 4.90 Å². The predicted molar refractivity (Wildman–Crippen MR) is 103 cm³/mol. The molecule has 1 saturated heterocycles. The number of para-hydroxylation sites is 1. The lowest BCUT2D eigenvalue weighted by Gasteiger charge is -2.12. The molecule has 0 N–H and O–H groups in total. The van der Waals surface area contributed by atoms with Gasteiger partial charge in [-0.3, -0.25) is 4.68 Å². The molecule has 4 rings (SSSR count). The van der Waals surface area contributed by atoms with Crippen LogP contribution in [0.1, 0.15) is 41.5 Å². The maximum Gasteiger partial charge on any atom is 0.358 e. The highest BCUT2D eigenvalue weighted by molar-refractivity contribution is 7.22. The standard InChI is InChI=1S/C19H22N4O2S/c1-3-25-18(24)15-11-13(2)23(21-15)12-14-7-6-8-16-17(14)20-19(26-16)22-9-4-5-10-22/h6-8,11H,3-5,9-10,12H2,1-2H3. The van der Waals surface area contributed by atoms with E-state index in [0.29, 0.717) is 18.8 Å². The van der Waals surface area contributed by atoms with Crippen LogP contribution in [0.15, 0.2) is 24.3 Å². The first-order valence-electron chi connectivity index (χ1n) is 9.00. The molecule has 0 unspecified atom stereocenters. The lowest BCUT2D eigenvalue weighted by atomic mass is 10.2. The fraction of sp³-hybridized carbons (Fsp3) is 0.421. The number of hydrogen-bond donors (Lipinski definition) is 0. The van der Waals surface area contributed by atoms with Crippen molar-refractivity contribution in [1.29, 1.82) is 0 Å². The van der Waals surface area contributed by atoms with E-state index in [-0.39, 0.29) is 5.97 Å². The van der Waals surface area contributed by atoms with Crippen LogP contribution >= 0.6 is 11.3 Å². The van der Waals surface area contributed by atoms with E-state index in [9.17, 15) is 4.79 Å². The quantitative estimate of drug-likeness (QED) is 0.642. The highest BCUT2D eigenvalue weighted by atomic mass is 32.1. The van der Waals surface area contributed by atoms with Gasteiger partial charge in [0, 0.05) is 24.3 Å². The van der Waals surface area contributed by atoms with Gasteiger partial charge in [0.15, 0.2) is 10.8 Å². The third-order valence-electron chi connectivity index (χ3n) is 4.65. The van der Waals surface area contributed by atoms with Crippen LogP contribution in [0.5, 0.6) is 0 Å². The zero-order valence-electron chi connectivity index (χ0n) is 15.1. The molecule has 6 nitrogen and oxygen atoms in total. The summed E-state index contributed by atoms with van der Waals surface area (Å²) >= 11 is 1.75. The van der Waals surface area contributed by atoms with Crippen molar-refractivity contribution in [2.45, 2.75) is 33.2 Å². The normalized spacial score (nSPS) is 14.3. The molecular weight excluding hydrogens is 348 g/mol. The molecular formula is C19H22N4O2S. The SMILES string of the molecule is CCOC(=O)c1cc(C)n(Cc2cccc3sc(N4CCCC4)nc23)n1. The molecule has 3 aromatic rings. The van der Waals surface area contributed by atoms with Gasteiger partial charge in [-0.05, 0) is 38.8 Å². The van der Waals surface area contributed by atoms with Gasteiger partial charge in [-0.1, -0.05) is 23.5 Å². The van der Waals surface area contributed by atoms with Crippen LogP contribution in [-0.4, -0.2) is 40.4 Å². The number of aromatic nitrogens is 3. The molecule has 26 heavy (non-hydrogen) atoms. The zero-order valence-corrected chi connectivity index (χ0v) is 15.9. The van der Waals surface area contributed by atoms with Gasteiger partial charge in [-0.2, -0.15) is 5.10 Å². The van der Waals surface area contributed by atoms with E-state index in [4.69, 9.17) is 9.72 Å². The summed E-state index contributed by atoms with van der Waals surface area (Å²) in [7, 11) is 0. The van der Waals surface area contributed by atoms with Gasteiger partial charge in [0.05, 0.1) is 23.4 Å². The molecule has 0 bridgehead atoms. The Hall–Kier alpha value is -2.41. The third-order valence-corrected chi connectivity index (χ3v) is 5.74. The van der Waals surface area contributed by atoms with Crippen molar-refractivity contribution in [3.05, 3.63) is 41.2 Å². The first kappa shape index (κ1) is 17.0. The van der Waals surface area contributed by atoms with Crippen LogP contribution in [0.4, 0.5) is 5.13 Å². The van der Waals surface area contributed by atoms with E-state index < -0.39 is 0 Å². The number of ether oxygens (including phenoxy) is 1. The number of thiazole rings is 1. The molecule has 7 heteroatoms. The number of fused-ring (bicyclic) bond motifs is 1. The number of nitrogens with zero attached hydrogens (tertiary/aromatic N) is 4. The Morgan fingerprint density at radius 2 is 2.12 bits per heavy atom. The van der Waals surface area contributed by atoms with E-state index >= 15 is 0 Å². The van der Waals surface area contributed by atoms with Gasteiger partial charge in [0.2, 0.25) is 0 Å². The zero-order chi connectivity index (χ0) is 18.1. The van der Waals surface area contributed by atoms with Gasteiger partial charge >= 0.3 is 5.97 Å². The molecule has 0 spiro atoms. The second-order valence-electron chi connectivity index (χ2n) is 6.50. The molecule has 0 aliphatic carbocycles. The van der Waals surface area contributed by atoms with E-state index in [1.54, 1.807) is 24.3 Å². The summed E-state index contributed by atoms with van der Waals surface area (Å²) in [6.07, 6.45) is 2.48. The Bertz CT molecular complexity index is 940. The van der Waals surface area contributed by atoms with Crippen LogP contribution in [0.25, 0.3) is 10.2 Å². The van der Waals surface area contributed by atoms with E-state index in [1.807, 2.05) is 11.6 Å². The molecule has 136 valence electrons. The predicted octanol–water partition coefficient (Wildman–Crippen LogP) is 3.63. The number of anilines is 1. The maximum atomic E-state index is 11.9. The summed E-state index contributed by atoms with van der Waals surface area (Å²) in [4.78, 5) is 19.2. The summed E-state index contributed by atoms with van der Waals surface area (Å²) in [5, 5.41) is 5.53. The van der Waals surface area contributed by atoms with Gasteiger partial charge in [-0.15, -0.1) is 0 Å². The van der Waals surface area contributed by atoms with Gasteiger partial charge in [-0.25, -0.2) is 9.78 Å². The molecule has 1 aliphatic rings. The molecule has 1 fully saturated rings. The lowest BCUT2D eigenvalue weighted by Crippen LogP contribution is -2.17. The molecule has 1 aliphatic heterocycles. The third kappa shape index (κ3) is 3.19. The molecule has 0 amide bonds. The smallest absolute Gasteiger partial charge is 0.358 e. The highest BCUT2D eigenvalue weighted by Gasteiger charge is 2.18. The second kappa shape index (κ2) is 7.07. The van der Waals surface area contributed by atoms with Crippen molar-refractivity contribution in [2.24, 2.45) is 0 Å². The Kier molecular flexibility index (Phi) is 4.63. The van der Waals surface area contributed by atoms with Crippen molar-refractivity contribution in [3.63, 3.8) is 0 Å². The number of esters is 1. The van der Waals surface area contributed by atoms with Gasteiger partial charge in [0.25, 0.3) is 0 Å². The molecule has 0 atom stereocenters. The van der Waals surface area contributed by atoms with E-state index in [0.717, 1.165) is 35.0 Å². The summed E-state index contributed by atoms with van der Waals surface area (Å²) in [5.74, 6) is -0.377. The molecule has 3 heterocycles. The summed E-state index contributed by atoms with van der Waals surface area (Å²) < 4.78 is 8.08. The average molecular weight is 370 g/mol. The Morgan fingerprint density at radius 3 is 2.88 bits per heavy atom. The van der Waals surface area contributed by atoms with Crippen LogP contribution in [0.3, 0.4) is 0 Å². The lowest BCUT2D eigenvalue weighted by molar-refractivity contribution is 0.0518. The van der Waals surface area contributed by atoms with Crippen molar-refractivity contribution in [2.75, 3.05) is 24.6 Å². The minimum atomic E-state index is -0.377. The molecule has 2 aromatic heterocycles. The van der Waals surface area contributed by atoms with E-state index in [1.165, 1.54) is 17.5 Å². The van der Waals surface area contributed by atoms with Crippen molar-refractivity contribution < 1.29 is 9.53 Å². The fourth-order valence-electron chi connectivity index (χ4n) is 3.30. The number of rotatable bonds is 5. The Labute approximate surface area is 156 Å². The first-order valence-corrected chi connectivity index (χ1v) is 9.82. The minimum Gasteiger partial charge on any atom is -0.461 e. The number of carbonyl (C=O) groups is 1. The topological polar surface area (TPSA) is 60.2 Å². The summed E-state index contributed by atoms with van der Waals surface area (Å²) in [6.45, 7) is 6.87. The first-order chi connectivity index (χ1) is 12.7.